The average Bonchev–Trinajstić information content (AvgIpc) is 2.48. The van der Waals surface area contributed by atoms with Crippen LogP contribution in [0.25, 0.3) is 12.2 Å². The molecule has 0 bridgehead atoms. The molecule has 0 saturated carbocycles. The zero-order valence-corrected chi connectivity index (χ0v) is 12.2. The molecule has 0 amide bonds. The molecule has 0 aliphatic rings. The van der Waals surface area contributed by atoms with Crippen LogP contribution in [0.1, 0.15) is 37.0 Å². The molecule has 0 aromatic heterocycles. The molecule has 2 nitrogen and oxygen atoms in total. The van der Waals surface area contributed by atoms with Gasteiger partial charge in [-0.05, 0) is 28.8 Å². The first kappa shape index (κ1) is 16.0. The van der Waals surface area contributed by atoms with Crippen molar-refractivity contribution in [2.45, 2.75) is 26.8 Å². The first-order chi connectivity index (χ1) is 9.69. The average molecular weight is 269 g/mol. The lowest BCUT2D eigenvalue weighted by Gasteiger charge is -1.98. The molecule has 20 heavy (non-hydrogen) atoms. The topological polar surface area (TPSA) is 46.2 Å². The van der Waals surface area contributed by atoms with E-state index in [2.05, 4.69) is 13.8 Å². The molecule has 0 atom stereocenters. The van der Waals surface area contributed by atoms with Gasteiger partial charge in [0.05, 0.1) is 0 Å². The molecule has 3 N–H and O–H groups in total. The second-order valence-electron chi connectivity index (χ2n) is 4.58. The van der Waals surface area contributed by atoms with Crippen molar-refractivity contribution in [3.8, 4) is 5.75 Å². The molecule has 0 fully saturated rings. The standard InChI is InChI=1S/C15H15NO.C3H8/c16-11-14-5-3-12(4-6-14)1-2-13-7-9-15(17)10-8-13;1-3-2/h1-10,17H,11,16H2;3H2,1-2H3/b2-1+;. The van der Waals surface area contributed by atoms with Gasteiger partial charge in [-0.3, -0.25) is 0 Å². The number of hydrogen-bond donors (Lipinski definition) is 2. The Morgan fingerprint density at radius 3 is 1.65 bits per heavy atom. The third-order valence-corrected chi connectivity index (χ3v) is 2.58. The summed E-state index contributed by atoms with van der Waals surface area (Å²) in [5.74, 6) is 0.287. The molecule has 2 aromatic rings. The molecule has 0 heterocycles. The third kappa shape index (κ3) is 5.72. The van der Waals surface area contributed by atoms with Crippen molar-refractivity contribution in [3.63, 3.8) is 0 Å². The summed E-state index contributed by atoms with van der Waals surface area (Å²) in [6.07, 6.45) is 5.30. The van der Waals surface area contributed by atoms with E-state index in [4.69, 9.17) is 10.8 Å². The SMILES string of the molecule is CCC.NCc1ccc(/C=C/c2ccc(O)cc2)cc1. The van der Waals surface area contributed by atoms with Crippen LogP contribution < -0.4 is 5.73 Å². The van der Waals surface area contributed by atoms with Gasteiger partial charge in [0.2, 0.25) is 0 Å². The summed E-state index contributed by atoms with van der Waals surface area (Å²) < 4.78 is 0. The lowest BCUT2D eigenvalue weighted by atomic mass is 10.1. The minimum Gasteiger partial charge on any atom is -0.508 e. The maximum absolute atomic E-state index is 9.16. The van der Waals surface area contributed by atoms with E-state index in [1.807, 2.05) is 48.6 Å². The van der Waals surface area contributed by atoms with Crippen LogP contribution in [-0.2, 0) is 6.54 Å². The Labute approximate surface area is 121 Å². The van der Waals surface area contributed by atoms with Crippen LogP contribution in [-0.4, -0.2) is 5.11 Å². The van der Waals surface area contributed by atoms with Crippen molar-refractivity contribution < 1.29 is 5.11 Å². The quantitative estimate of drug-likeness (QED) is 0.809. The van der Waals surface area contributed by atoms with Crippen LogP contribution in [0.15, 0.2) is 48.5 Å². The van der Waals surface area contributed by atoms with E-state index in [-0.39, 0.29) is 5.75 Å². The van der Waals surface area contributed by atoms with Gasteiger partial charge >= 0.3 is 0 Å². The van der Waals surface area contributed by atoms with Crippen LogP contribution in [0.2, 0.25) is 0 Å². The van der Waals surface area contributed by atoms with Gasteiger partial charge in [-0.2, -0.15) is 0 Å². The van der Waals surface area contributed by atoms with Crippen molar-refractivity contribution in [1.29, 1.82) is 0 Å². The number of phenolic OH excluding ortho intramolecular Hbond substituents is 1. The fraction of sp³-hybridized carbons (Fsp3) is 0.222. The predicted molar refractivity (Wildman–Crippen MR) is 87.3 cm³/mol. The Balaban J connectivity index is 0.000000612. The minimum absolute atomic E-state index is 0.287. The maximum atomic E-state index is 9.16. The van der Waals surface area contributed by atoms with Crippen LogP contribution in [0.5, 0.6) is 5.75 Å². The third-order valence-electron chi connectivity index (χ3n) is 2.58. The van der Waals surface area contributed by atoms with Crippen molar-refractivity contribution >= 4 is 12.2 Å². The molecular formula is C18H23NO. The Hall–Kier alpha value is -2.06. The number of benzene rings is 2. The lowest BCUT2D eigenvalue weighted by Crippen LogP contribution is -1.94. The molecule has 0 aliphatic heterocycles. The normalized spacial score (nSPS) is 10.2. The molecule has 2 aromatic carbocycles. The van der Waals surface area contributed by atoms with E-state index in [1.165, 1.54) is 6.42 Å². The molecular weight excluding hydrogens is 246 g/mol. The molecule has 0 radical (unpaired) electrons. The summed E-state index contributed by atoms with van der Waals surface area (Å²) in [7, 11) is 0. The molecule has 106 valence electrons. The van der Waals surface area contributed by atoms with Gasteiger partial charge < -0.3 is 10.8 Å². The monoisotopic (exact) mass is 269 g/mol. The van der Waals surface area contributed by atoms with Gasteiger partial charge in [0.25, 0.3) is 0 Å². The number of phenols is 1. The zero-order valence-electron chi connectivity index (χ0n) is 12.2. The molecule has 2 heteroatoms. The second-order valence-corrected chi connectivity index (χ2v) is 4.58. The smallest absolute Gasteiger partial charge is 0.115 e. The number of nitrogens with two attached hydrogens (primary N) is 1. The zero-order chi connectivity index (χ0) is 14.8. The number of rotatable bonds is 3. The van der Waals surface area contributed by atoms with Gasteiger partial charge in [0.1, 0.15) is 5.75 Å². The first-order valence-electron chi connectivity index (χ1n) is 6.95. The summed E-state index contributed by atoms with van der Waals surface area (Å²) in [5.41, 5.74) is 8.86. The summed E-state index contributed by atoms with van der Waals surface area (Å²) >= 11 is 0. The highest BCUT2D eigenvalue weighted by Gasteiger charge is 1.91. The lowest BCUT2D eigenvalue weighted by molar-refractivity contribution is 0.475. The predicted octanol–water partition coefficient (Wildman–Crippen LogP) is 4.44. The fourth-order valence-electron chi connectivity index (χ4n) is 1.54. The first-order valence-corrected chi connectivity index (χ1v) is 6.95. The van der Waals surface area contributed by atoms with Crippen molar-refractivity contribution in [1.82, 2.24) is 0 Å². The highest BCUT2D eigenvalue weighted by Crippen LogP contribution is 2.13. The van der Waals surface area contributed by atoms with Crippen LogP contribution in [0.4, 0.5) is 0 Å². The molecule has 0 aliphatic carbocycles. The van der Waals surface area contributed by atoms with E-state index in [0.717, 1.165) is 16.7 Å². The summed E-state index contributed by atoms with van der Waals surface area (Å²) in [6, 6.07) is 15.2. The molecule has 0 saturated heterocycles. The van der Waals surface area contributed by atoms with Gasteiger partial charge in [-0.25, -0.2) is 0 Å². The van der Waals surface area contributed by atoms with Crippen LogP contribution in [0.3, 0.4) is 0 Å². The summed E-state index contributed by atoms with van der Waals surface area (Å²) in [5, 5.41) is 9.16. The maximum Gasteiger partial charge on any atom is 0.115 e. The highest BCUT2D eigenvalue weighted by atomic mass is 16.3. The van der Waals surface area contributed by atoms with Gasteiger partial charge in [0, 0.05) is 6.54 Å². The summed E-state index contributed by atoms with van der Waals surface area (Å²) in [6.45, 7) is 4.82. The van der Waals surface area contributed by atoms with E-state index >= 15 is 0 Å². The summed E-state index contributed by atoms with van der Waals surface area (Å²) in [4.78, 5) is 0. The van der Waals surface area contributed by atoms with Gasteiger partial charge in [0.15, 0.2) is 0 Å². The Bertz CT molecular complexity index is 512. The number of aromatic hydroxyl groups is 1. The molecule has 0 unspecified atom stereocenters. The van der Waals surface area contributed by atoms with Crippen molar-refractivity contribution in [2.75, 3.05) is 0 Å². The van der Waals surface area contributed by atoms with E-state index < -0.39 is 0 Å². The van der Waals surface area contributed by atoms with E-state index in [0.29, 0.717) is 6.54 Å². The highest BCUT2D eigenvalue weighted by molar-refractivity contribution is 5.69. The Kier molecular flexibility index (Phi) is 7.15. The fourth-order valence-corrected chi connectivity index (χ4v) is 1.54. The Morgan fingerprint density at radius 2 is 1.25 bits per heavy atom. The minimum atomic E-state index is 0.287. The van der Waals surface area contributed by atoms with Crippen LogP contribution in [0, 0.1) is 0 Å². The molecule has 0 spiro atoms. The van der Waals surface area contributed by atoms with Crippen LogP contribution >= 0.6 is 0 Å². The second kappa shape index (κ2) is 8.94. The van der Waals surface area contributed by atoms with Crippen molar-refractivity contribution in [3.05, 3.63) is 65.2 Å². The largest absolute Gasteiger partial charge is 0.508 e. The molecule has 2 rings (SSSR count). The van der Waals surface area contributed by atoms with Gasteiger partial charge in [-0.1, -0.05) is 68.8 Å². The van der Waals surface area contributed by atoms with E-state index in [9.17, 15) is 0 Å². The Morgan fingerprint density at radius 1 is 0.850 bits per heavy atom. The number of hydrogen-bond acceptors (Lipinski definition) is 2. The van der Waals surface area contributed by atoms with Crippen molar-refractivity contribution in [2.24, 2.45) is 5.73 Å². The van der Waals surface area contributed by atoms with E-state index in [1.54, 1.807) is 12.1 Å². The van der Waals surface area contributed by atoms with Gasteiger partial charge in [-0.15, -0.1) is 0 Å².